The van der Waals surface area contributed by atoms with Crippen molar-refractivity contribution >= 4 is 40.5 Å². The van der Waals surface area contributed by atoms with Gasteiger partial charge in [0.2, 0.25) is 0 Å². The van der Waals surface area contributed by atoms with Gasteiger partial charge in [-0.3, -0.25) is 0 Å². The van der Waals surface area contributed by atoms with Crippen LogP contribution in [0, 0.1) is 5.41 Å². The fourth-order valence-corrected chi connectivity index (χ4v) is 3.00. The first kappa shape index (κ1) is 14.3. The summed E-state index contributed by atoms with van der Waals surface area (Å²) in [5.74, 6) is 0. The molecule has 0 amide bonds. The van der Waals surface area contributed by atoms with Gasteiger partial charge in [0.25, 0.3) is 0 Å². The lowest BCUT2D eigenvalue weighted by molar-refractivity contribution is 0.232. The highest BCUT2D eigenvalue weighted by molar-refractivity contribution is 6.44. The Morgan fingerprint density at radius 3 is 2.17 bits per heavy atom. The first-order valence-corrected chi connectivity index (χ1v) is 7.42. The van der Waals surface area contributed by atoms with Gasteiger partial charge in [-0.25, -0.2) is 0 Å². The average molecular weight is 307 g/mol. The van der Waals surface area contributed by atoms with Crippen molar-refractivity contribution in [2.24, 2.45) is 5.41 Å². The van der Waals surface area contributed by atoms with Crippen molar-refractivity contribution in [1.29, 1.82) is 0 Å². The summed E-state index contributed by atoms with van der Waals surface area (Å²) in [6.45, 7) is 4.66. The van der Waals surface area contributed by atoms with E-state index >= 15 is 0 Å². The molecule has 0 saturated heterocycles. The number of anilines is 1. The maximum Gasteiger partial charge on any atom is 0.0653 e. The van der Waals surface area contributed by atoms with Crippen LogP contribution in [0.5, 0.6) is 0 Å². The molecule has 0 radical (unpaired) electrons. The summed E-state index contributed by atoms with van der Waals surface area (Å²) in [6, 6.07) is 3.99. The predicted molar refractivity (Wildman–Crippen MR) is 81.1 cm³/mol. The number of benzene rings is 1. The van der Waals surface area contributed by atoms with E-state index < -0.39 is 0 Å². The van der Waals surface area contributed by atoms with Gasteiger partial charge < -0.3 is 5.32 Å². The van der Waals surface area contributed by atoms with Crippen molar-refractivity contribution in [3.8, 4) is 0 Å². The second-order valence-electron chi connectivity index (χ2n) is 5.83. The largest absolute Gasteiger partial charge is 0.381 e. The Labute approximate surface area is 124 Å². The molecule has 2 rings (SSSR count). The van der Waals surface area contributed by atoms with Crippen LogP contribution in [0.4, 0.5) is 5.69 Å². The van der Waals surface area contributed by atoms with Crippen molar-refractivity contribution < 1.29 is 0 Å². The molecule has 0 atom stereocenters. The van der Waals surface area contributed by atoms with Gasteiger partial charge in [0, 0.05) is 6.04 Å². The number of rotatable bonds is 2. The number of hydrogen-bond acceptors (Lipinski definition) is 1. The number of hydrogen-bond donors (Lipinski definition) is 1. The van der Waals surface area contributed by atoms with Crippen molar-refractivity contribution in [3.63, 3.8) is 0 Å². The Morgan fingerprint density at radius 2 is 1.56 bits per heavy atom. The van der Waals surface area contributed by atoms with Crippen LogP contribution in [0.15, 0.2) is 12.1 Å². The summed E-state index contributed by atoms with van der Waals surface area (Å²) < 4.78 is 0. The average Bonchev–Trinajstić information content (AvgIpc) is 2.28. The van der Waals surface area contributed by atoms with E-state index in [1.807, 2.05) is 6.07 Å². The highest BCUT2D eigenvalue weighted by atomic mass is 35.5. The van der Waals surface area contributed by atoms with Gasteiger partial charge in [-0.2, -0.15) is 0 Å². The molecule has 0 spiro atoms. The summed E-state index contributed by atoms with van der Waals surface area (Å²) in [4.78, 5) is 0. The third kappa shape index (κ3) is 3.46. The van der Waals surface area contributed by atoms with Crippen LogP contribution in [0.3, 0.4) is 0 Å². The molecule has 0 heterocycles. The topological polar surface area (TPSA) is 12.0 Å². The molecule has 1 aromatic rings. The first-order valence-electron chi connectivity index (χ1n) is 6.28. The van der Waals surface area contributed by atoms with Gasteiger partial charge in [0.05, 0.1) is 20.8 Å². The minimum Gasteiger partial charge on any atom is -0.381 e. The monoisotopic (exact) mass is 305 g/mol. The van der Waals surface area contributed by atoms with E-state index in [1.54, 1.807) is 6.07 Å². The predicted octanol–water partition coefficient (Wildman–Crippen LogP) is 6.03. The molecule has 100 valence electrons. The molecule has 0 bridgehead atoms. The fraction of sp³-hybridized carbons (Fsp3) is 0.571. The maximum atomic E-state index is 6.17. The lowest BCUT2D eigenvalue weighted by Gasteiger charge is -2.35. The van der Waals surface area contributed by atoms with Crippen LogP contribution in [-0.2, 0) is 0 Å². The van der Waals surface area contributed by atoms with Crippen LogP contribution in [0.1, 0.15) is 39.5 Å². The zero-order chi connectivity index (χ0) is 13.3. The van der Waals surface area contributed by atoms with Crippen molar-refractivity contribution in [2.75, 3.05) is 5.32 Å². The number of nitrogens with one attached hydrogen (secondary N) is 1. The molecule has 4 heteroatoms. The van der Waals surface area contributed by atoms with Crippen molar-refractivity contribution in [1.82, 2.24) is 0 Å². The lowest BCUT2D eigenvalue weighted by atomic mass is 9.75. The molecule has 1 aliphatic carbocycles. The molecular weight excluding hydrogens is 289 g/mol. The smallest absolute Gasteiger partial charge is 0.0653 e. The van der Waals surface area contributed by atoms with Gasteiger partial charge in [-0.15, -0.1) is 0 Å². The normalized spacial score (nSPS) is 19.8. The second-order valence-corrected chi connectivity index (χ2v) is 7.05. The van der Waals surface area contributed by atoms with E-state index in [-0.39, 0.29) is 0 Å². The Balaban J connectivity index is 2.04. The third-order valence-electron chi connectivity index (χ3n) is 3.71. The Kier molecular flexibility index (Phi) is 4.36. The van der Waals surface area contributed by atoms with E-state index in [0.29, 0.717) is 26.5 Å². The maximum absolute atomic E-state index is 6.17. The van der Waals surface area contributed by atoms with E-state index in [0.717, 1.165) is 5.69 Å². The highest BCUT2D eigenvalue weighted by Gasteiger charge is 2.27. The fourth-order valence-electron chi connectivity index (χ4n) is 2.40. The molecule has 0 aliphatic heterocycles. The molecule has 0 aromatic heterocycles. The third-order valence-corrected chi connectivity index (χ3v) is 4.74. The first-order chi connectivity index (χ1) is 8.37. The zero-order valence-corrected chi connectivity index (χ0v) is 13.0. The van der Waals surface area contributed by atoms with E-state index in [4.69, 9.17) is 34.8 Å². The molecular formula is C14H18Cl3N. The molecule has 1 saturated carbocycles. The SMILES string of the molecule is CC1(C)CCC(Nc2cc(Cl)c(Cl)cc2Cl)CC1. The zero-order valence-electron chi connectivity index (χ0n) is 10.7. The quantitative estimate of drug-likeness (QED) is 0.658. The second kappa shape index (κ2) is 5.48. The standard InChI is InChI=1S/C14H18Cl3N/c1-14(2)5-3-9(4-6-14)18-13-8-11(16)10(15)7-12(13)17/h7-9,18H,3-6H2,1-2H3. The summed E-state index contributed by atoms with van der Waals surface area (Å²) in [5.41, 5.74) is 1.36. The van der Waals surface area contributed by atoms with E-state index in [9.17, 15) is 0 Å². The molecule has 18 heavy (non-hydrogen) atoms. The molecule has 1 aliphatic rings. The Morgan fingerprint density at radius 1 is 1.00 bits per heavy atom. The summed E-state index contributed by atoms with van der Waals surface area (Å²) in [7, 11) is 0. The van der Waals surface area contributed by atoms with Crippen LogP contribution in [0.2, 0.25) is 15.1 Å². The summed E-state index contributed by atoms with van der Waals surface area (Å²) >= 11 is 18.1. The lowest BCUT2D eigenvalue weighted by Crippen LogP contribution is -2.29. The van der Waals surface area contributed by atoms with Gasteiger partial charge in [-0.05, 0) is 43.2 Å². The van der Waals surface area contributed by atoms with Crippen LogP contribution in [0.25, 0.3) is 0 Å². The molecule has 1 aromatic carbocycles. The highest BCUT2D eigenvalue weighted by Crippen LogP contribution is 2.38. The van der Waals surface area contributed by atoms with Crippen molar-refractivity contribution in [3.05, 3.63) is 27.2 Å². The molecule has 0 unspecified atom stereocenters. The van der Waals surface area contributed by atoms with Crippen molar-refractivity contribution in [2.45, 2.75) is 45.6 Å². The van der Waals surface area contributed by atoms with Gasteiger partial charge in [0.1, 0.15) is 0 Å². The van der Waals surface area contributed by atoms with Crippen LogP contribution < -0.4 is 5.32 Å². The van der Waals surface area contributed by atoms with Crippen LogP contribution >= 0.6 is 34.8 Å². The molecule has 1 N–H and O–H groups in total. The minimum atomic E-state index is 0.472. The van der Waals surface area contributed by atoms with Gasteiger partial charge in [-0.1, -0.05) is 48.7 Å². The molecule has 1 nitrogen and oxygen atoms in total. The molecule has 1 fully saturated rings. The summed E-state index contributed by atoms with van der Waals surface area (Å²) in [5, 5.41) is 5.15. The van der Waals surface area contributed by atoms with Crippen LogP contribution in [-0.4, -0.2) is 6.04 Å². The van der Waals surface area contributed by atoms with E-state index in [2.05, 4.69) is 19.2 Å². The Hall–Kier alpha value is -0.110. The van der Waals surface area contributed by atoms with Gasteiger partial charge in [0.15, 0.2) is 0 Å². The number of halogens is 3. The summed E-state index contributed by atoms with van der Waals surface area (Å²) in [6.07, 6.45) is 4.82. The van der Waals surface area contributed by atoms with Gasteiger partial charge >= 0.3 is 0 Å². The Bertz CT molecular complexity index is 433. The minimum absolute atomic E-state index is 0.472. The van der Waals surface area contributed by atoms with E-state index in [1.165, 1.54) is 25.7 Å².